The maximum absolute atomic E-state index is 10.8. The van der Waals surface area contributed by atoms with Crippen molar-refractivity contribution in [2.45, 2.75) is 6.54 Å². The van der Waals surface area contributed by atoms with Crippen molar-refractivity contribution >= 4 is 29.7 Å². The third kappa shape index (κ3) is 2.44. The van der Waals surface area contributed by atoms with Gasteiger partial charge in [0.15, 0.2) is 5.69 Å². The molecule has 12 heavy (non-hydrogen) atoms. The lowest BCUT2D eigenvalue weighted by molar-refractivity contribution is 0.0595. The summed E-state index contributed by atoms with van der Waals surface area (Å²) in [7, 11) is 1.32. The number of nitrogens with zero attached hydrogens (tertiary/aromatic N) is 1. The molecular formula is C6H9ClN2O2S. The van der Waals surface area contributed by atoms with Crippen LogP contribution >= 0.6 is 23.7 Å². The van der Waals surface area contributed by atoms with Crippen LogP contribution in [0.2, 0.25) is 0 Å². The van der Waals surface area contributed by atoms with Gasteiger partial charge in [-0.25, -0.2) is 9.78 Å². The molecule has 4 nitrogen and oxygen atoms in total. The predicted octanol–water partition coefficient (Wildman–Crippen LogP) is 0.810. The number of esters is 1. The van der Waals surface area contributed by atoms with Crippen LogP contribution < -0.4 is 5.73 Å². The minimum Gasteiger partial charge on any atom is -0.464 e. The summed E-state index contributed by atoms with van der Waals surface area (Å²) in [6, 6.07) is 0. The summed E-state index contributed by atoms with van der Waals surface area (Å²) in [5.74, 6) is -0.416. The minimum atomic E-state index is -0.416. The number of ether oxygens (including phenoxy) is 1. The highest BCUT2D eigenvalue weighted by Gasteiger charge is 2.08. The van der Waals surface area contributed by atoms with Crippen molar-refractivity contribution in [1.82, 2.24) is 4.98 Å². The van der Waals surface area contributed by atoms with E-state index in [1.165, 1.54) is 18.4 Å². The molecule has 0 aliphatic heterocycles. The molecule has 0 unspecified atom stereocenters. The summed E-state index contributed by atoms with van der Waals surface area (Å²) in [4.78, 5) is 14.7. The van der Waals surface area contributed by atoms with Crippen LogP contribution in [0.4, 0.5) is 0 Å². The highest BCUT2D eigenvalue weighted by molar-refractivity contribution is 7.09. The summed E-state index contributed by atoms with van der Waals surface area (Å²) in [5, 5.41) is 2.37. The lowest BCUT2D eigenvalue weighted by atomic mass is 10.5. The molecule has 0 saturated heterocycles. The van der Waals surface area contributed by atoms with Crippen molar-refractivity contribution in [3.63, 3.8) is 0 Å². The SMILES string of the molecule is COC(=O)c1csc(CN)n1.Cl. The Morgan fingerprint density at radius 1 is 1.83 bits per heavy atom. The zero-order valence-corrected chi connectivity index (χ0v) is 8.08. The van der Waals surface area contributed by atoms with Crippen molar-refractivity contribution in [3.05, 3.63) is 16.1 Å². The summed E-state index contributed by atoms with van der Waals surface area (Å²) in [6.07, 6.45) is 0. The fourth-order valence-electron chi connectivity index (χ4n) is 0.603. The quantitative estimate of drug-likeness (QED) is 0.731. The number of nitrogens with two attached hydrogens (primary N) is 1. The van der Waals surface area contributed by atoms with Crippen LogP contribution in [0.25, 0.3) is 0 Å². The van der Waals surface area contributed by atoms with E-state index in [1.54, 1.807) is 5.38 Å². The Morgan fingerprint density at radius 2 is 2.50 bits per heavy atom. The fourth-order valence-corrected chi connectivity index (χ4v) is 1.25. The number of rotatable bonds is 2. The predicted molar refractivity (Wildman–Crippen MR) is 48.6 cm³/mol. The largest absolute Gasteiger partial charge is 0.464 e. The monoisotopic (exact) mass is 208 g/mol. The highest BCUT2D eigenvalue weighted by atomic mass is 35.5. The van der Waals surface area contributed by atoms with Gasteiger partial charge in [-0.3, -0.25) is 0 Å². The average Bonchev–Trinajstić information content (AvgIpc) is 2.50. The van der Waals surface area contributed by atoms with Crippen molar-refractivity contribution < 1.29 is 9.53 Å². The van der Waals surface area contributed by atoms with Gasteiger partial charge in [0, 0.05) is 11.9 Å². The van der Waals surface area contributed by atoms with E-state index in [9.17, 15) is 4.79 Å². The van der Waals surface area contributed by atoms with E-state index >= 15 is 0 Å². The minimum absolute atomic E-state index is 0. The molecule has 1 aromatic rings. The Balaban J connectivity index is 0.00000121. The molecular weight excluding hydrogens is 200 g/mol. The summed E-state index contributed by atoms with van der Waals surface area (Å²) in [6.45, 7) is 0.363. The van der Waals surface area contributed by atoms with Crippen LogP contribution in [0.5, 0.6) is 0 Å². The van der Waals surface area contributed by atoms with Gasteiger partial charge in [-0.1, -0.05) is 0 Å². The van der Waals surface area contributed by atoms with Crippen LogP contribution in [0.3, 0.4) is 0 Å². The van der Waals surface area contributed by atoms with Gasteiger partial charge >= 0.3 is 5.97 Å². The zero-order valence-electron chi connectivity index (χ0n) is 6.44. The van der Waals surface area contributed by atoms with Gasteiger partial charge in [-0.2, -0.15) is 0 Å². The van der Waals surface area contributed by atoms with Gasteiger partial charge in [-0.15, -0.1) is 23.7 Å². The number of aromatic nitrogens is 1. The van der Waals surface area contributed by atoms with Crippen LogP contribution in [0.1, 0.15) is 15.5 Å². The van der Waals surface area contributed by atoms with E-state index in [0.29, 0.717) is 12.2 Å². The number of hydrogen-bond acceptors (Lipinski definition) is 5. The molecule has 0 radical (unpaired) electrons. The Bertz CT molecular complexity index is 264. The summed E-state index contributed by atoms with van der Waals surface area (Å²) >= 11 is 1.36. The lowest BCUT2D eigenvalue weighted by Crippen LogP contribution is -2.02. The summed E-state index contributed by atoms with van der Waals surface area (Å²) < 4.78 is 4.46. The van der Waals surface area contributed by atoms with E-state index in [0.717, 1.165) is 5.01 Å². The maximum Gasteiger partial charge on any atom is 0.357 e. The molecule has 1 aromatic heterocycles. The normalized spacial score (nSPS) is 8.83. The Hall–Kier alpha value is -0.650. The first kappa shape index (κ1) is 11.4. The van der Waals surface area contributed by atoms with Crippen molar-refractivity contribution in [2.24, 2.45) is 5.73 Å². The fraction of sp³-hybridized carbons (Fsp3) is 0.333. The molecule has 0 aliphatic carbocycles. The van der Waals surface area contributed by atoms with E-state index < -0.39 is 5.97 Å². The standard InChI is InChI=1S/C6H8N2O2S.ClH/c1-10-6(9)4-3-11-5(2-7)8-4;/h3H,2,7H2,1H3;1H. The molecule has 0 fully saturated rings. The molecule has 0 bridgehead atoms. The van der Waals surface area contributed by atoms with Crippen LogP contribution in [-0.2, 0) is 11.3 Å². The zero-order chi connectivity index (χ0) is 8.27. The highest BCUT2D eigenvalue weighted by Crippen LogP contribution is 2.09. The van der Waals surface area contributed by atoms with Crippen molar-refractivity contribution in [1.29, 1.82) is 0 Å². The second-order valence-corrected chi connectivity index (χ2v) is 2.76. The molecule has 1 heterocycles. The molecule has 68 valence electrons. The average molecular weight is 209 g/mol. The first-order valence-electron chi connectivity index (χ1n) is 3.00. The van der Waals surface area contributed by atoms with Gasteiger partial charge < -0.3 is 10.5 Å². The number of carbonyl (C=O) groups is 1. The first-order valence-corrected chi connectivity index (χ1v) is 3.88. The van der Waals surface area contributed by atoms with Crippen LogP contribution in [0.15, 0.2) is 5.38 Å². The van der Waals surface area contributed by atoms with E-state index in [4.69, 9.17) is 5.73 Å². The number of thiazole rings is 1. The van der Waals surface area contributed by atoms with Gasteiger partial charge in [-0.05, 0) is 0 Å². The van der Waals surface area contributed by atoms with E-state index in [-0.39, 0.29) is 12.4 Å². The Morgan fingerprint density at radius 3 is 2.92 bits per heavy atom. The molecule has 0 aliphatic rings. The Labute approximate surface area is 80.2 Å². The first-order chi connectivity index (χ1) is 5.27. The molecule has 0 amide bonds. The Kier molecular flexibility index (Phi) is 4.80. The van der Waals surface area contributed by atoms with Crippen molar-refractivity contribution in [3.8, 4) is 0 Å². The number of halogens is 1. The number of methoxy groups -OCH3 is 1. The van der Waals surface area contributed by atoms with Gasteiger partial charge in [0.25, 0.3) is 0 Å². The van der Waals surface area contributed by atoms with Crippen LogP contribution in [0, 0.1) is 0 Å². The topological polar surface area (TPSA) is 65.2 Å². The van der Waals surface area contributed by atoms with Crippen molar-refractivity contribution in [2.75, 3.05) is 7.11 Å². The molecule has 0 saturated carbocycles. The number of hydrogen-bond donors (Lipinski definition) is 1. The molecule has 1 rings (SSSR count). The molecule has 0 atom stereocenters. The number of carbonyl (C=O) groups excluding carboxylic acids is 1. The third-order valence-electron chi connectivity index (χ3n) is 1.12. The maximum atomic E-state index is 10.8. The lowest BCUT2D eigenvalue weighted by Gasteiger charge is -1.90. The molecule has 0 aromatic carbocycles. The second-order valence-electron chi connectivity index (χ2n) is 1.82. The van der Waals surface area contributed by atoms with E-state index in [1.807, 2.05) is 0 Å². The van der Waals surface area contributed by atoms with Gasteiger partial charge in [0.05, 0.1) is 7.11 Å². The second kappa shape index (κ2) is 5.08. The molecule has 6 heteroatoms. The summed E-state index contributed by atoms with van der Waals surface area (Å²) in [5.41, 5.74) is 5.63. The third-order valence-corrected chi connectivity index (χ3v) is 1.99. The van der Waals surface area contributed by atoms with E-state index in [2.05, 4.69) is 9.72 Å². The molecule has 2 N–H and O–H groups in total. The smallest absolute Gasteiger partial charge is 0.357 e. The van der Waals surface area contributed by atoms with Gasteiger partial charge in [0.2, 0.25) is 0 Å². The van der Waals surface area contributed by atoms with Gasteiger partial charge in [0.1, 0.15) is 5.01 Å². The molecule has 0 spiro atoms. The van der Waals surface area contributed by atoms with Crippen LogP contribution in [-0.4, -0.2) is 18.1 Å².